The van der Waals surface area contributed by atoms with Gasteiger partial charge in [-0.15, -0.1) is 10.2 Å². The van der Waals surface area contributed by atoms with Crippen molar-refractivity contribution in [2.75, 3.05) is 11.1 Å². The van der Waals surface area contributed by atoms with Gasteiger partial charge in [0.25, 0.3) is 0 Å². The lowest BCUT2D eigenvalue weighted by Gasteiger charge is -2.10. The Morgan fingerprint density at radius 3 is 2.87 bits per heavy atom. The topological polar surface area (TPSA) is 85.8 Å². The van der Waals surface area contributed by atoms with Gasteiger partial charge in [-0.3, -0.25) is 14.3 Å². The number of aryl methyl sites for hydroxylation is 1. The van der Waals surface area contributed by atoms with E-state index in [0.717, 1.165) is 16.9 Å². The molecule has 0 atom stereocenters. The van der Waals surface area contributed by atoms with Crippen LogP contribution < -0.4 is 5.32 Å². The monoisotopic (exact) mass is 439 g/mol. The fourth-order valence-corrected chi connectivity index (χ4v) is 3.86. The summed E-state index contributed by atoms with van der Waals surface area (Å²) in [7, 11) is 0. The van der Waals surface area contributed by atoms with Gasteiger partial charge in [0.2, 0.25) is 5.91 Å². The van der Waals surface area contributed by atoms with Gasteiger partial charge in [0.15, 0.2) is 11.0 Å². The molecule has 0 spiro atoms. The second-order valence-corrected chi connectivity index (χ2v) is 7.88. The van der Waals surface area contributed by atoms with Gasteiger partial charge in [0.05, 0.1) is 29.3 Å². The first-order valence-electron chi connectivity index (χ1n) is 9.15. The molecule has 0 aliphatic rings. The van der Waals surface area contributed by atoms with Gasteiger partial charge in [-0.1, -0.05) is 29.4 Å². The maximum Gasteiger partial charge on any atom is 0.234 e. The highest BCUT2D eigenvalue weighted by Crippen LogP contribution is 2.26. The van der Waals surface area contributed by atoms with Gasteiger partial charge >= 0.3 is 0 Å². The van der Waals surface area contributed by atoms with E-state index in [-0.39, 0.29) is 11.7 Å². The number of hydrogen-bond acceptors (Lipinski definition) is 6. The zero-order valence-corrected chi connectivity index (χ0v) is 17.7. The molecule has 0 saturated heterocycles. The summed E-state index contributed by atoms with van der Waals surface area (Å²) in [5, 5.41) is 12.5. The molecular formula is C21H18ClN5O2S. The summed E-state index contributed by atoms with van der Waals surface area (Å²) in [5.74, 6) is 1.40. The molecule has 0 radical (unpaired) electrons. The van der Waals surface area contributed by atoms with E-state index in [1.807, 2.05) is 47.9 Å². The fraction of sp³-hybridized carbons (Fsp3) is 0.143. The third-order valence-corrected chi connectivity index (χ3v) is 5.54. The Hall–Kier alpha value is -3.10. The number of pyridine rings is 1. The fourth-order valence-electron chi connectivity index (χ4n) is 2.84. The third kappa shape index (κ3) is 4.72. The summed E-state index contributed by atoms with van der Waals surface area (Å²) in [6.07, 6.45) is 5.05. The summed E-state index contributed by atoms with van der Waals surface area (Å²) < 4.78 is 7.39. The van der Waals surface area contributed by atoms with Crippen molar-refractivity contribution in [2.24, 2.45) is 0 Å². The number of halogens is 1. The molecule has 1 amide bonds. The molecule has 3 heterocycles. The van der Waals surface area contributed by atoms with Gasteiger partial charge in [-0.05, 0) is 48.9 Å². The van der Waals surface area contributed by atoms with Crippen LogP contribution in [0.2, 0.25) is 5.02 Å². The van der Waals surface area contributed by atoms with E-state index in [2.05, 4.69) is 20.5 Å². The number of hydrogen-bond donors (Lipinski definition) is 1. The molecule has 152 valence electrons. The van der Waals surface area contributed by atoms with Gasteiger partial charge < -0.3 is 9.73 Å². The average molecular weight is 440 g/mol. The van der Waals surface area contributed by atoms with E-state index in [4.69, 9.17) is 16.0 Å². The molecule has 1 N–H and O–H groups in total. The number of nitrogens with one attached hydrogen (secondary N) is 1. The summed E-state index contributed by atoms with van der Waals surface area (Å²) in [6.45, 7) is 2.39. The van der Waals surface area contributed by atoms with Crippen LogP contribution in [0, 0.1) is 6.92 Å². The first kappa shape index (κ1) is 20.2. The number of anilines is 1. The molecule has 0 aliphatic carbocycles. The summed E-state index contributed by atoms with van der Waals surface area (Å²) in [6, 6.07) is 13.0. The molecule has 3 aromatic heterocycles. The van der Waals surface area contributed by atoms with Gasteiger partial charge in [0, 0.05) is 18.0 Å². The smallest absolute Gasteiger partial charge is 0.234 e. The SMILES string of the molecule is Cc1ccc(NC(=O)CSc2nnc(-c3cccnc3)n2Cc2ccco2)c(Cl)c1. The molecule has 9 heteroatoms. The highest BCUT2D eigenvalue weighted by molar-refractivity contribution is 7.99. The summed E-state index contributed by atoms with van der Waals surface area (Å²) >= 11 is 7.50. The van der Waals surface area contributed by atoms with Crippen molar-refractivity contribution in [1.29, 1.82) is 0 Å². The highest BCUT2D eigenvalue weighted by Gasteiger charge is 2.17. The zero-order chi connectivity index (χ0) is 20.9. The zero-order valence-electron chi connectivity index (χ0n) is 16.1. The van der Waals surface area contributed by atoms with Gasteiger partial charge in [0.1, 0.15) is 5.76 Å². The molecule has 0 saturated carbocycles. The second-order valence-electron chi connectivity index (χ2n) is 6.53. The molecule has 0 fully saturated rings. The maximum absolute atomic E-state index is 12.5. The first-order chi connectivity index (χ1) is 14.6. The average Bonchev–Trinajstić information content (AvgIpc) is 3.40. The van der Waals surface area contributed by atoms with E-state index in [1.54, 1.807) is 24.7 Å². The Labute approximate surface area is 182 Å². The van der Waals surface area contributed by atoms with Crippen LogP contribution >= 0.6 is 23.4 Å². The van der Waals surface area contributed by atoms with Crippen LogP contribution in [-0.4, -0.2) is 31.4 Å². The largest absolute Gasteiger partial charge is 0.467 e. The number of carbonyl (C=O) groups excluding carboxylic acids is 1. The van der Waals surface area contributed by atoms with Crippen molar-refractivity contribution < 1.29 is 9.21 Å². The molecule has 7 nitrogen and oxygen atoms in total. The minimum Gasteiger partial charge on any atom is -0.467 e. The van der Waals surface area contributed by atoms with Crippen molar-refractivity contribution in [2.45, 2.75) is 18.6 Å². The van der Waals surface area contributed by atoms with Crippen molar-refractivity contribution in [3.63, 3.8) is 0 Å². The number of amides is 1. The van der Waals surface area contributed by atoms with Crippen molar-refractivity contribution >= 4 is 35.0 Å². The standard InChI is InChI=1S/C21H18ClN5O2S/c1-14-6-7-18(17(22)10-14)24-19(28)13-30-21-26-25-20(15-4-2-8-23-11-15)27(21)12-16-5-3-9-29-16/h2-11H,12-13H2,1H3,(H,24,28). The highest BCUT2D eigenvalue weighted by atomic mass is 35.5. The molecular weight excluding hydrogens is 422 g/mol. The summed E-state index contributed by atoms with van der Waals surface area (Å²) in [4.78, 5) is 16.6. The Morgan fingerprint density at radius 2 is 2.13 bits per heavy atom. The first-order valence-corrected chi connectivity index (χ1v) is 10.5. The lowest BCUT2D eigenvalue weighted by atomic mass is 10.2. The predicted octanol–water partition coefficient (Wildman–Crippen LogP) is 4.67. The lowest BCUT2D eigenvalue weighted by molar-refractivity contribution is -0.113. The van der Waals surface area contributed by atoms with Crippen molar-refractivity contribution in [1.82, 2.24) is 19.7 Å². The second kappa shape index (κ2) is 9.15. The Kier molecular flexibility index (Phi) is 6.15. The maximum atomic E-state index is 12.5. The van der Waals surface area contributed by atoms with Crippen molar-refractivity contribution in [3.05, 3.63) is 77.5 Å². The van der Waals surface area contributed by atoms with Crippen molar-refractivity contribution in [3.8, 4) is 11.4 Å². The number of rotatable bonds is 7. The molecule has 0 unspecified atom stereocenters. The minimum absolute atomic E-state index is 0.160. The van der Waals surface area contributed by atoms with E-state index in [1.165, 1.54) is 11.8 Å². The van der Waals surface area contributed by atoms with Crippen LogP contribution in [0.4, 0.5) is 5.69 Å². The van der Waals surface area contributed by atoms with E-state index in [9.17, 15) is 4.79 Å². The van der Waals surface area contributed by atoms with E-state index < -0.39 is 0 Å². The Morgan fingerprint density at radius 1 is 1.23 bits per heavy atom. The third-order valence-electron chi connectivity index (χ3n) is 4.26. The Balaban J connectivity index is 1.52. The van der Waals surface area contributed by atoms with Crippen LogP contribution in [-0.2, 0) is 11.3 Å². The van der Waals surface area contributed by atoms with E-state index in [0.29, 0.717) is 28.2 Å². The lowest BCUT2D eigenvalue weighted by Crippen LogP contribution is -2.15. The Bertz CT molecular complexity index is 1150. The van der Waals surface area contributed by atoms with Crippen LogP contribution in [0.15, 0.2) is 70.7 Å². The molecule has 0 aliphatic heterocycles. The van der Waals surface area contributed by atoms with Crippen LogP contribution in [0.5, 0.6) is 0 Å². The van der Waals surface area contributed by atoms with Crippen LogP contribution in [0.1, 0.15) is 11.3 Å². The number of carbonyl (C=O) groups is 1. The molecule has 4 rings (SSSR count). The summed E-state index contributed by atoms with van der Waals surface area (Å²) in [5.41, 5.74) is 2.45. The molecule has 1 aromatic carbocycles. The van der Waals surface area contributed by atoms with E-state index >= 15 is 0 Å². The molecule has 4 aromatic rings. The normalized spacial score (nSPS) is 10.9. The minimum atomic E-state index is -0.179. The number of benzene rings is 1. The molecule has 0 bridgehead atoms. The quantitative estimate of drug-likeness (QED) is 0.421. The number of thioether (sulfide) groups is 1. The predicted molar refractivity (Wildman–Crippen MR) is 117 cm³/mol. The van der Waals surface area contributed by atoms with Crippen LogP contribution in [0.25, 0.3) is 11.4 Å². The van der Waals surface area contributed by atoms with Gasteiger partial charge in [-0.25, -0.2) is 0 Å². The molecule has 30 heavy (non-hydrogen) atoms. The van der Waals surface area contributed by atoms with Gasteiger partial charge in [-0.2, -0.15) is 0 Å². The number of nitrogens with zero attached hydrogens (tertiary/aromatic N) is 4. The number of furan rings is 1. The van der Waals surface area contributed by atoms with Crippen LogP contribution in [0.3, 0.4) is 0 Å². The number of aromatic nitrogens is 4.